The van der Waals surface area contributed by atoms with Crippen molar-refractivity contribution in [2.75, 3.05) is 6.54 Å². The van der Waals surface area contributed by atoms with E-state index in [1.165, 1.54) is 0 Å². The minimum Gasteiger partial charge on any atom is -0.504 e. The molecule has 3 aromatic rings. The van der Waals surface area contributed by atoms with Gasteiger partial charge >= 0.3 is 5.97 Å². The molecule has 2 unspecified atom stereocenters. The third-order valence-corrected chi connectivity index (χ3v) is 4.54. The first kappa shape index (κ1) is 14.1. The average molecular weight is 315 g/mol. The Bertz CT molecular complexity index is 878. The molecule has 1 aliphatic rings. The Kier molecular flexibility index (Phi) is 2.93. The van der Waals surface area contributed by atoms with Crippen LogP contribution in [0, 0.1) is 19.8 Å². The van der Waals surface area contributed by atoms with Gasteiger partial charge in [-0.3, -0.25) is 4.79 Å². The van der Waals surface area contributed by atoms with Crippen molar-refractivity contribution in [1.29, 1.82) is 0 Å². The predicted octanol–water partition coefficient (Wildman–Crippen LogP) is 3.24. The van der Waals surface area contributed by atoms with Gasteiger partial charge in [-0.25, -0.2) is 0 Å². The molecule has 0 spiro atoms. The first-order valence-electron chi connectivity index (χ1n) is 7.57. The molecule has 23 heavy (non-hydrogen) atoms. The minimum atomic E-state index is -0.801. The number of furan rings is 2. The number of aromatic hydroxyl groups is 1. The van der Waals surface area contributed by atoms with Crippen molar-refractivity contribution < 1.29 is 23.8 Å². The standard InChI is InChI=1S/C17H17NO5/c1-7-3-10-13(12-5-9(6-18-12)17(20)21)15-11(4-8(2)22-15)14(19)16(10)23-7/h3-4,9,12,18-19H,5-6H2,1-2H3,(H,20,21). The highest BCUT2D eigenvalue weighted by molar-refractivity contribution is 6.04. The number of fused-ring (bicyclic) bond motifs is 2. The largest absolute Gasteiger partial charge is 0.504 e. The normalized spacial score (nSPS) is 21.5. The lowest BCUT2D eigenvalue weighted by Gasteiger charge is -2.13. The van der Waals surface area contributed by atoms with Gasteiger partial charge in [0, 0.05) is 23.5 Å². The number of benzene rings is 1. The van der Waals surface area contributed by atoms with E-state index in [9.17, 15) is 15.0 Å². The Morgan fingerprint density at radius 1 is 1.17 bits per heavy atom. The zero-order valence-electron chi connectivity index (χ0n) is 12.8. The van der Waals surface area contributed by atoms with Crippen molar-refractivity contribution in [3.8, 4) is 5.75 Å². The van der Waals surface area contributed by atoms with E-state index in [0.717, 1.165) is 10.9 Å². The number of phenols is 1. The number of hydrogen-bond acceptors (Lipinski definition) is 5. The first-order chi connectivity index (χ1) is 11.0. The molecule has 0 bridgehead atoms. The Morgan fingerprint density at radius 2 is 1.83 bits per heavy atom. The van der Waals surface area contributed by atoms with E-state index < -0.39 is 11.9 Å². The smallest absolute Gasteiger partial charge is 0.307 e. The second-order valence-corrected chi connectivity index (χ2v) is 6.19. The molecule has 3 N–H and O–H groups in total. The molecule has 2 aromatic heterocycles. The van der Waals surface area contributed by atoms with Gasteiger partial charge in [0.15, 0.2) is 11.3 Å². The lowest BCUT2D eigenvalue weighted by molar-refractivity contribution is -0.141. The molecule has 0 aliphatic carbocycles. The lowest BCUT2D eigenvalue weighted by Crippen LogP contribution is -2.17. The highest BCUT2D eigenvalue weighted by Gasteiger charge is 2.34. The number of hydrogen-bond donors (Lipinski definition) is 3. The fraction of sp³-hybridized carbons (Fsp3) is 0.353. The Balaban J connectivity index is 1.99. The van der Waals surface area contributed by atoms with Gasteiger partial charge in [0.2, 0.25) is 0 Å². The SMILES string of the molecule is Cc1cc2c(C3CC(C(=O)O)CN3)c3oc(C)cc3c(O)c2o1. The van der Waals surface area contributed by atoms with Crippen LogP contribution in [-0.2, 0) is 4.79 Å². The zero-order valence-corrected chi connectivity index (χ0v) is 12.8. The fourth-order valence-corrected chi connectivity index (χ4v) is 3.51. The number of aliphatic carboxylic acids is 1. The second kappa shape index (κ2) is 4.76. The molecule has 1 aromatic carbocycles. The second-order valence-electron chi connectivity index (χ2n) is 6.19. The third kappa shape index (κ3) is 2.02. The summed E-state index contributed by atoms with van der Waals surface area (Å²) in [5, 5.41) is 24.3. The number of aryl methyl sites for hydroxylation is 2. The van der Waals surface area contributed by atoms with E-state index in [1.807, 2.05) is 19.9 Å². The quantitative estimate of drug-likeness (QED) is 0.672. The summed E-state index contributed by atoms with van der Waals surface area (Å²) in [6.45, 7) is 4.05. The summed E-state index contributed by atoms with van der Waals surface area (Å²) in [5.41, 5.74) is 1.88. The molecule has 120 valence electrons. The Hall–Kier alpha value is -2.47. The molecule has 6 nitrogen and oxygen atoms in total. The fourth-order valence-electron chi connectivity index (χ4n) is 3.51. The number of phenolic OH excluding ortho intramolecular Hbond substituents is 1. The number of nitrogens with one attached hydrogen (secondary N) is 1. The van der Waals surface area contributed by atoms with Crippen molar-refractivity contribution in [3.05, 3.63) is 29.2 Å². The van der Waals surface area contributed by atoms with Crippen LogP contribution in [-0.4, -0.2) is 22.7 Å². The predicted molar refractivity (Wildman–Crippen MR) is 83.6 cm³/mol. The van der Waals surface area contributed by atoms with E-state index in [0.29, 0.717) is 41.0 Å². The summed E-state index contributed by atoms with van der Waals surface area (Å²) in [4.78, 5) is 11.2. The highest BCUT2D eigenvalue weighted by atomic mass is 16.4. The Morgan fingerprint density at radius 3 is 2.48 bits per heavy atom. The van der Waals surface area contributed by atoms with Crippen LogP contribution in [0.1, 0.15) is 29.5 Å². The summed E-state index contributed by atoms with van der Waals surface area (Å²) < 4.78 is 11.5. The molecule has 2 atom stereocenters. The van der Waals surface area contributed by atoms with Crippen LogP contribution in [0.15, 0.2) is 21.0 Å². The highest BCUT2D eigenvalue weighted by Crippen LogP contribution is 2.45. The molecule has 0 radical (unpaired) electrons. The van der Waals surface area contributed by atoms with Gasteiger partial charge in [-0.2, -0.15) is 0 Å². The van der Waals surface area contributed by atoms with Crippen molar-refractivity contribution in [1.82, 2.24) is 5.32 Å². The van der Waals surface area contributed by atoms with Crippen molar-refractivity contribution in [2.45, 2.75) is 26.3 Å². The van der Waals surface area contributed by atoms with Gasteiger partial charge in [-0.15, -0.1) is 0 Å². The van der Waals surface area contributed by atoms with E-state index in [1.54, 1.807) is 6.07 Å². The molecule has 1 aliphatic heterocycles. The Labute approximate surface area is 131 Å². The van der Waals surface area contributed by atoms with Gasteiger partial charge in [0.25, 0.3) is 0 Å². The van der Waals surface area contributed by atoms with Crippen LogP contribution in [0.3, 0.4) is 0 Å². The van der Waals surface area contributed by atoms with Crippen molar-refractivity contribution in [2.24, 2.45) is 5.92 Å². The van der Waals surface area contributed by atoms with Gasteiger partial charge in [-0.1, -0.05) is 0 Å². The molecule has 1 fully saturated rings. The zero-order chi connectivity index (χ0) is 16.3. The van der Waals surface area contributed by atoms with E-state index >= 15 is 0 Å². The monoisotopic (exact) mass is 315 g/mol. The lowest BCUT2D eigenvalue weighted by atomic mass is 9.95. The first-order valence-corrected chi connectivity index (χ1v) is 7.57. The van der Waals surface area contributed by atoms with Crippen LogP contribution < -0.4 is 5.32 Å². The van der Waals surface area contributed by atoms with Crippen LogP contribution in [0.5, 0.6) is 5.75 Å². The molecule has 3 heterocycles. The summed E-state index contributed by atoms with van der Waals surface area (Å²) in [6, 6.07) is 3.48. The van der Waals surface area contributed by atoms with Crippen LogP contribution in [0.4, 0.5) is 0 Å². The third-order valence-electron chi connectivity index (χ3n) is 4.54. The maximum absolute atomic E-state index is 11.2. The van der Waals surface area contributed by atoms with Crippen LogP contribution in [0.25, 0.3) is 21.9 Å². The average Bonchev–Trinajstić information content (AvgIpc) is 3.17. The summed E-state index contributed by atoms with van der Waals surface area (Å²) in [5.74, 6) is 0.215. The van der Waals surface area contributed by atoms with Crippen LogP contribution >= 0.6 is 0 Å². The van der Waals surface area contributed by atoms with E-state index in [2.05, 4.69) is 5.32 Å². The molecule has 0 saturated carbocycles. The minimum absolute atomic E-state index is 0.0662. The van der Waals surface area contributed by atoms with E-state index in [4.69, 9.17) is 8.83 Å². The number of rotatable bonds is 2. The maximum atomic E-state index is 11.2. The molecule has 1 saturated heterocycles. The number of carboxylic acids is 1. The summed E-state index contributed by atoms with van der Waals surface area (Å²) >= 11 is 0. The van der Waals surface area contributed by atoms with E-state index in [-0.39, 0.29) is 11.8 Å². The maximum Gasteiger partial charge on any atom is 0.307 e. The van der Waals surface area contributed by atoms with Gasteiger partial charge < -0.3 is 24.4 Å². The number of carbonyl (C=O) groups is 1. The molecule has 6 heteroatoms. The molecule has 0 amide bonds. The molecular formula is C17H17NO5. The van der Waals surface area contributed by atoms with Crippen molar-refractivity contribution in [3.63, 3.8) is 0 Å². The summed E-state index contributed by atoms with van der Waals surface area (Å²) in [6.07, 6.45) is 0.480. The summed E-state index contributed by atoms with van der Waals surface area (Å²) in [7, 11) is 0. The number of carboxylic acid groups (broad SMARTS) is 1. The molecule has 4 rings (SSSR count). The van der Waals surface area contributed by atoms with Gasteiger partial charge in [0.1, 0.15) is 17.1 Å². The van der Waals surface area contributed by atoms with Gasteiger partial charge in [0.05, 0.1) is 11.3 Å². The van der Waals surface area contributed by atoms with Gasteiger partial charge in [-0.05, 0) is 32.4 Å². The topological polar surface area (TPSA) is 95.8 Å². The molecular weight excluding hydrogens is 298 g/mol. The van der Waals surface area contributed by atoms with Crippen LogP contribution in [0.2, 0.25) is 0 Å². The van der Waals surface area contributed by atoms with Crippen molar-refractivity contribution >= 4 is 27.9 Å².